The number of piperidine rings is 1. The van der Waals surface area contributed by atoms with Gasteiger partial charge >= 0.3 is 0 Å². The van der Waals surface area contributed by atoms with Gasteiger partial charge in [-0.15, -0.1) is 0 Å². The van der Waals surface area contributed by atoms with Gasteiger partial charge in [0.25, 0.3) is 5.91 Å². The first kappa shape index (κ1) is 22.9. The summed E-state index contributed by atoms with van der Waals surface area (Å²) in [7, 11) is 3.38. The summed E-state index contributed by atoms with van der Waals surface area (Å²) in [6, 6.07) is 23.9. The Hall–Kier alpha value is -3.31. The molecule has 172 valence electrons. The fraction of sp³-hybridized carbons (Fsp3) is 0.321. The maximum absolute atomic E-state index is 13.6. The minimum Gasteiger partial charge on any atom is -0.497 e. The van der Waals surface area contributed by atoms with Crippen molar-refractivity contribution in [3.05, 3.63) is 89.5 Å². The number of ether oxygens (including phenoxy) is 2. The minimum atomic E-state index is 0.0640. The summed E-state index contributed by atoms with van der Waals surface area (Å²) >= 11 is 0. The van der Waals surface area contributed by atoms with Crippen LogP contribution < -0.4 is 14.4 Å². The summed E-state index contributed by atoms with van der Waals surface area (Å²) in [6.07, 6.45) is 1.83. The Morgan fingerprint density at radius 1 is 0.939 bits per heavy atom. The first-order valence-electron chi connectivity index (χ1n) is 11.5. The number of amides is 1. The molecule has 0 N–H and O–H groups in total. The quantitative estimate of drug-likeness (QED) is 0.494. The summed E-state index contributed by atoms with van der Waals surface area (Å²) in [4.78, 5) is 18.0. The van der Waals surface area contributed by atoms with Crippen LogP contribution in [0.25, 0.3) is 0 Å². The molecule has 0 saturated carbocycles. The van der Waals surface area contributed by atoms with Crippen LogP contribution in [0, 0.1) is 6.92 Å². The van der Waals surface area contributed by atoms with E-state index < -0.39 is 0 Å². The summed E-state index contributed by atoms with van der Waals surface area (Å²) in [5.74, 6) is 1.77. The van der Waals surface area contributed by atoms with Gasteiger partial charge in [-0.3, -0.25) is 9.69 Å². The number of anilines is 1. The number of carbonyl (C=O) groups is 1. The molecule has 0 bridgehead atoms. The highest BCUT2D eigenvalue weighted by Gasteiger charge is 2.30. The highest BCUT2D eigenvalue weighted by atomic mass is 16.5. The Morgan fingerprint density at radius 3 is 2.36 bits per heavy atom. The van der Waals surface area contributed by atoms with Gasteiger partial charge in [0.05, 0.1) is 14.2 Å². The summed E-state index contributed by atoms with van der Waals surface area (Å²) in [5.41, 5.74) is 3.96. The molecule has 5 nitrogen and oxygen atoms in total. The lowest BCUT2D eigenvalue weighted by Gasteiger charge is -2.39. The average molecular weight is 445 g/mol. The molecule has 1 aliphatic heterocycles. The number of benzene rings is 3. The third kappa shape index (κ3) is 5.37. The molecule has 0 aliphatic carbocycles. The lowest BCUT2D eigenvalue weighted by molar-refractivity contribution is 0.0958. The van der Waals surface area contributed by atoms with E-state index in [1.54, 1.807) is 14.2 Å². The van der Waals surface area contributed by atoms with E-state index in [4.69, 9.17) is 9.47 Å². The molecule has 1 fully saturated rings. The monoisotopic (exact) mass is 444 g/mol. The van der Waals surface area contributed by atoms with E-state index in [-0.39, 0.29) is 11.9 Å². The van der Waals surface area contributed by atoms with Gasteiger partial charge in [-0.25, -0.2) is 0 Å². The Bertz CT molecular complexity index is 1080. The van der Waals surface area contributed by atoms with Crippen LogP contribution in [0.3, 0.4) is 0 Å². The van der Waals surface area contributed by atoms with E-state index in [1.165, 1.54) is 0 Å². The molecule has 1 heterocycles. The predicted octanol–water partition coefficient (Wildman–Crippen LogP) is 5.32. The maximum Gasteiger partial charge on any atom is 0.258 e. The topological polar surface area (TPSA) is 42.0 Å². The van der Waals surface area contributed by atoms with E-state index in [1.807, 2.05) is 65.6 Å². The van der Waals surface area contributed by atoms with Crippen LogP contribution >= 0.6 is 0 Å². The minimum absolute atomic E-state index is 0.0640. The fourth-order valence-electron chi connectivity index (χ4n) is 4.57. The summed E-state index contributed by atoms with van der Waals surface area (Å²) < 4.78 is 11.0. The van der Waals surface area contributed by atoms with E-state index in [9.17, 15) is 4.79 Å². The van der Waals surface area contributed by atoms with Gasteiger partial charge in [-0.2, -0.15) is 0 Å². The van der Waals surface area contributed by atoms with Crippen molar-refractivity contribution in [3.8, 4) is 11.5 Å². The second kappa shape index (κ2) is 10.5. The molecule has 0 spiro atoms. The van der Waals surface area contributed by atoms with Crippen LogP contribution in [0.4, 0.5) is 5.69 Å². The summed E-state index contributed by atoms with van der Waals surface area (Å²) in [5, 5.41) is 0. The van der Waals surface area contributed by atoms with Crippen molar-refractivity contribution in [2.75, 3.05) is 32.2 Å². The zero-order valence-corrected chi connectivity index (χ0v) is 19.7. The van der Waals surface area contributed by atoms with Crippen molar-refractivity contribution in [1.29, 1.82) is 0 Å². The lowest BCUT2D eigenvalue weighted by Crippen LogP contribution is -2.47. The van der Waals surface area contributed by atoms with Crippen molar-refractivity contribution >= 4 is 11.6 Å². The number of nitrogens with zero attached hydrogens (tertiary/aromatic N) is 2. The van der Waals surface area contributed by atoms with Crippen molar-refractivity contribution in [3.63, 3.8) is 0 Å². The van der Waals surface area contributed by atoms with Crippen LogP contribution in [0.15, 0.2) is 72.8 Å². The molecule has 1 amide bonds. The highest BCUT2D eigenvalue weighted by Crippen LogP contribution is 2.29. The van der Waals surface area contributed by atoms with E-state index in [0.29, 0.717) is 0 Å². The van der Waals surface area contributed by atoms with Crippen LogP contribution in [0.1, 0.15) is 34.3 Å². The second-order valence-corrected chi connectivity index (χ2v) is 8.57. The Labute approximate surface area is 196 Å². The molecule has 0 unspecified atom stereocenters. The molecule has 0 aromatic heterocycles. The van der Waals surface area contributed by atoms with Gasteiger partial charge in [-0.05, 0) is 67.8 Å². The number of rotatable bonds is 7. The van der Waals surface area contributed by atoms with Gasteiger partial charge in [0.2, 0.25) is 0 Å². The van der Waals surface area contributed by atoms with Crippen molar-refractivity contribution in [2.45, 2.75) is 32.4 Å². The van der Waals surface area contributed by atoms with E-state index in [2.05, 4.69) is 24.0 Å². The van der Waals surface area contributed by atoms with Gasteiger partial charge < -0.3 is 14.4 Å². The average Bonchev–Trinajstić information content (AvgIpc) is 2.85. The van der Waals surface area contributed by atoms with E-state index in [0.717, 1.165) is 66.4 Å². The molecule has 4 rings (SSSR count). The molecule has 5 heteroatoms. The predicted molar refractivity (Wildman–Crippen MR) is 132 cm³/mol. The molecular weight excluding hydrogens is 412 g/mol. The van der Waals surface area contributed by atoms with Crippen molar-refractivity contribution < 1.29 is 14.3 Å². The zero-order chi connectivity index (χ0) is 23.2. The number of hydrogen-bond donors (Lipinski definition) is 0. The molecule has 0 atom stereocenters. The van der Waals surface area contributed by atoms with Crippen LogP contribution in [-0.4, -0.2) is 44.2 Å². The normalized spacial score (nSPS) is 14.6. The van der Waals surface area contributed by atoms with E-state index >= 15 is 0 Å². The Balaban J connectivity index is 1.51. The van der Waals surface area contributed by atoms with Crippen LogP contribution in [0.5, 0.6) is 11.5 Å². The molecule has 0 radical (unpaired) electrons. The fourth-order valence-corrected chi connectivity index (χ4v) is 4.57. The SMILES string of the molecule is COc1ccc(OC)c(CN2CCC(N(C(=O)c3ccccc3)c3cccc(C)c3)CC2)c1. The Morgan fingerprint density at radius 2 is 1.70 bits per heavy atom. The highest BCUT2D eigenvalue weighted by molar-refractivity contribution is 6.06. The number of aryl methyl sites for hydroxylation is 1. The lowest BCUT2D eigenvalue weighted by atomic mass is 9.99. The molecule has 3 aromatic rings. The van der Waals surface area contributed by atoms with Gasteiger partial charge in [0, 0.05) is 42.5 Å². The summed E-state index contributed by atoms with van der Waals surface area (Å²) in [6.45, 7) is 4.69. The van der Waals surface area contributed by atoms with Gasteiger partial charge in [-0.1, -0.05) is 30.3 Å². The third-order valence-corrected chi connectivity index (χ3v) is 6.32. The molecule has 1 saturated heterocycles. The first-order chi connectivity index (χ1) is 16.1. The second-order valence-electron chi connectivity index (χ2n) is 8.57. The molecular formula is C28H32N2O3. The maximum atomic E-state index is 13.6. The number of likely N-dealkylation sites (tertiary alicyclic amines) is 1. The van der Waals surface area contributed by atoms with Crippen LogP contribution in [-0.2, 0) is 6.54 Å². The standard InChI is InChI=1S/C28H32N2O3/c1-21-8-7-11-25(18-21)30(28(31)22-9-5-4-6-10-22)24-14-16-29(17-15-24)20-23-19-26(32-2)12-13-27(23)33-3/h4-13,18-19,24H,14-17,20H2,1-3H3. The smallest absolute Gasteiger partial charge is 0.258 e. The molecule has 1 aliphatic rings. The zero-order valence-electron chi connectivity index (χ0n) is 19.7. The third-order valence-electron chi connectivity index (χ3n) is 6.32. The molecule has 3 aromatic carbocycles. The number of hydrogen-bond acceptors (Lipinski definition) is 4. The molecule has 33 heavy (non-hydrogen) atoms. The van der Waals surface area contributed by atoms with Gasteiger partial charge in [0.1, 0.15) is 11.5 Å². The van der Waals surface area contributed by atoms with Gasteiger partial charge in [0.15, 0.2) is 0 Å². The first-order valence-corrected chi connectivity index (χ1v) is 11.5. The van der Waals surface area contributed by atoms with Crippen molar-refractivity contribution in [2.24, 2.45) is 0 Å². The number of carbonyl (C=O) groups excluding carboxylic acids is 1. The van der Waals surface area contributed by atoms with Crippen LogP contribution in [0.2, 0.25) is 0 Å². The van der Waals surface area contributed by atoms with Crippen molar-refractivity contribution in [1.82, 2.24) is 4.90 Å². The number of methoxy groups -OCH3 is 2. The largest absolute Gasteiger partial charge is 0.497 e. The Kier molecular flexibility index (Phi) is 7.30.